The molecule has 0 heterocycles. The maximum absolute atomic E-state index is 5.99. The van der Waals surface area contributed by atoms with E-state index in [9.17, 15) is 0 Å². The van der Waals surface area contributed by atoms with Crippen molar-refractivity contribution in [2.24, 2.45) is 0 Å². The molecule has 0 saturated heterocycles. The van der Waals surface area contributed by atoms with E-state index in [0.29, 0.717) is 6.61 Å². The fourth-order valence-corrected chi connectivity index (χ4v) is 2.38. The summed E-state index contributed by atoms with van der Waals surface area (Å²) in [6, 6.07) is 0. The van der Waals surface area contributed by atoms with Gasteiger partial charge >= 0.3 is 0 Å². The molecule has 0 radical (unpaired) electrons. The zero-order chi connectivity index (χ0) is 10.2. The van der Waals surface area contributed by atoms with Crippen LogP contribution in [0.4, 0.5) is 0 Å². The first-order chi connectivity index (χ1) is 5.95. The van der Waals surface area contributed by atoms with Gasteiger partial charge < -0.3 is 4.74 Å². The average molecular weight is 282 g/mol. The lowest BCUT2D eigenvalue weighted by molar-refractivity contribution is 0.0930. The van der Waals surface area contributed by atoms with E-state index in [1.54, 1.807) is 6.92 Å². The number of alkyl halides is 1. The van der Waals surface area contributed by atoms with Crippen LogP contribution in [0.3, 0.4) is 0 Å². The second-order valence-electron chi connectivity index (χ2n) is 2.28. The monoisotopic (exact) mass is 280 g/mol. The molecular formula is C7H5Cl5O. The van der Waals surface area contributed by atoms with E-state index in [2.05, 4.69) is 0 Å². The fraction of sp³-hybridized carbons (Fsp3) is 0.429. The van der Waals surface area contributed by atoms with Crippen LogP contribution in [-0.2, 0) is 4.74 Å². The molecule has 0 aromatic carbocycles. The number of hydrogen-bond acceptors (Lipinski definition) is 1. The van der Waals surface area contributed by atoms with Gasteiger partial charge in [-0.1, -0.05) is 58.0 Å². The molecule has 0 fully saturated rings. The van der Waals surface area contributed by atoms with Crippen LogP contribution < -0.4 is 0 Å². The molecule has 6 heteroatoms. The third-order valence-electron chi connectivity index (χ3n) is 1.49. The molecule has 1 aliphatic rings. The van der Waals surface area contributed by atoms with E-state index in [0.717, 1.165) is 0 Å². The van der Waals surface area contributed by atoms with Crippen LogP contribution in [0, 0.1) is 0 Å². The molecule has 1 nitrogen and oxygen atoms in total. The van der Waals surface area contributed by atoms with Crippen molar-refractivity contribution in [2.45, 2.75) is 12.0 Å². The summed E-state index contributed by atoms with van der Waals surface area (Å²) in [7, 11) is 0. The lowest BCUT2D eigenvalue weighted by Crippen LogP contribution is -2.24. The predicted octanol–water partition coefficient (Wildman–Crippen LogP) is 4.35. The minimum Gasteiger partial charge on any atom is -0.350 e. The van der Waals surface area contributed by atoms with Gasteiger partial charge in [-0.2, -0.15) is 0 Å². The number of ether oxygens (including phenoxy) is 1. The highest BCUT2D eigenvalue weighted by atomic mass is 35.5. The van der Waals surface area contributed by atoms with Gasteiger partial charge in [-0.3, -0.25) is 0 Å². The molecule has 0 amide bonds. The Hall–Kier alpha value is 0.890. The van der Waals surface area contributed by atoms with Gasteiger partial charge in [0.2, 0.25) is 5.06 Å². The lowest BCUT2D eigenvalue weighted by atomic mass is 10.4. The second-order valence-corrected chi connectivity index (χ2v) is 4.33. The molecule has 1 aliphatic carbocycles. The summed E-state index contributed by atoms with van der Waals surface area (Å²) in [6.45, 7) is 2.11. The Morgan fingerprint density at radius 1 is 1.08 bits per heavy atom. The Labute approximate surface area is 101 Å². The van der Waals surface area contributed by atoms with E-state index in [-0.39, 0.29) is 20.1 Å². The Morgan fingerprint density at radius 3 is 1.77 bits per heavy atom. The van der Waals surface area contributed by atoms with Gasteiger partial charge in [-0.05, 0) is 6.92 Å². The number of allylic oxidation sites excluding steroid dienone is 2. The maximum Gasteiger partial charge on any atom is 0.217 e. The molecule has 0 saturated carbocycles. The molecule has 0 N–H and O–H groups in total. The molecule has 0 spiro atoms. The van der Waals surface area contributed by atoms with Crippen molar-refractivity contribution in [3.63, 3.8) is 0 Å². The van der Waals surface area contributed by atoms with Gasteiger partial charge in [-0.15, -0.1) is 0 Å². The van der Waals surface area contributed by atoms with Crippen molar-refractivity contribution in [2.75, 3.05) is 6.61 Å². The minimum absolute atomic E-state index is 0.104. The van der Waals surface area contributed by atoms with E-state index in [4.69, 9.17) is 62.7 Å². The molecule has 0 aromatic rings. The number of hydrogen-bond donors (Lipinski definition) is 0. The lowest BCUT2D eigenvalue weighted by Gasteiger charge is -2.21. The molecule has 0 aromatic heterocycles. The Bertz CT molecular complexity index is 269. The fourth-order valence-electron chi connectivity index (χ4n) is 0.897. The minimum atomic E-state index is -1.40. The first-order valence-corrected chi connectivity index (χ1v) is 5.28. The molecule has 13 heavy (non-hydrogen) atoms. The summed E-state index contributed by atoms with van der Waals surface area (Å²) in [5.74, 6) is 0. The first kappa shape index (κ1) is 12.0. The van der Waals surface area contributed by atoms with Crippen LogP contribution in [-0.4, -0.2) is 11.7 Å². The molecule has 0 unspecified atom stereocenters. The van der Waals surface area contributed by atoms with E-state index >= 15 is 0 Å². The first-order valence-electron chi connectivity index (χ1n) is 3.39. The van der Waals surface area contributed by atoms with Crippen LogP contribution in [0.15, 0.2) is 20.1 Å². The molecule has 74 valence electrons. The summed E-state index contributed by atoms with van der Waals surface area (Å²) in [6.07, 6.45) is 0. The maximum atomic E-state index is 5.99. The quantitative estimate of drug-likeness (QED) is 0.684. The van der Waals surface area contributed by atoms with E-state index < -0.39 is 5.06 Å². The number of halogens is 5. The van der Waals surface area contributed by atoms with Crippen LogP contribution in [0.2, 0.25) is 0 Å². The Morgan fingerprint density at radius 2 is 1.46 bits per heavy atom. The van der Waals surface area contributed by atoms with Crippen molar-refractivity contribution in [1.29, 1.82) is 0 Å². The summed E-state index contributed by atoms with van der Waals surface area (Å²) in [5, 5.41) is -0.916. The van der Waals surface area contributed by atoms with Gasteiger partial charge in [0, 0.05) is 6.61 Å². The highest BCUT2D eigenvalue weighted by Gasteiger charge is 2.45. The molecule has 0 bridgehead atoms. The van der Waals surface area contributed by atoms with Crippen molar-refractivity contribution in [3.8, 4) is 0 Å². The second kappa shape index (κ2) is 4.18. The van der Waals surface area contributed by atoms with Crippen LogP contribution in [0.5, 0.6) is 0 Å². The zero-order valence-corrected chi connectivity index (χ0v) is 10.3. The van der Waals surface area contributed by atoms with Crippen LogP contribution >= 0.6 is 58.0 Å². The van der Waals surface area contributed by atoms with Crippen molar-refractivity contribution in [1.82, 2.24) is 0 Å². The highest BCUT2D eigenvalue weighted by Crippen LogP contribution is 2.52. The van der Waals surface area contributed by atoms with Gasteiger partial charge in [0.1, 0.15) is 0 Å². The summed E-state index contributed by atoms with van der Waals surface area (Å²) < 4.78 is 5.17. The SMILES string of the molecule is CCOC1(Cl)C(Cl)=C(Cl)C(Cl)=C1Cl. The van der Waals surface area contributed by atoms with Gasteiger partial charge in [0.25, 0.3) is 0 Å². The number of rotatable bonds is 2. The third kappa shape index (κ3) is 1.83. The van der Waals surface area contributed by atoms with Gasteiger partial charge in [-0.25, -0.2) is 0 Å². The Kier molecular flexibility index (Phi) is 3.84. The normalized spacial score (nSPS) is 21.7. The topological polar surface area (TPSA) is 9.23 Å². The smallest absolute Gasteiger partial charge is 0.217 e. The van der Waals surface area contributed by atoms with E-state index in [1.807, 2.05) is 0 Å². The van der Waals surface area contributed by atoms with E-state index in [1.165, 1.54) is 0 Å². The summed E-state index contributed by atoms with van der Waals surface area (Å²) in [5.41, 5.74) is 0. The highest BCUT2D eigenvalue weighted by molar-refractivity contribution is 6.57. The van der Waals surface area contributed by atoms with Crippen LogP contribution in [0.25, 0.3) is 0 Å². The largest absolute Gasteiger partial charge is 0.350 e. The van der Waals surface area contributed by atoms with Crippen molar-refractivity contribution in [3.05, 3.63) is 20.1 Å². The van der Waals surface area contributed by atoms with Crippen molar-refractivity contribution >= 4 is 58.0 Å². The summed E-state index contributed by atoms with van der Waals surface area (Å²) >= 11 is 29.1. The predicted molar refractivity (Wildman–Crippen MR) is 57.7 cm³/mol. The standard InChI is InChI=1S/C7H5Cl5O/c1-2-13-7(12)5(10)3(8)4(9)6(7)11/h2H2,1H3. The molecular weight excluding hydrogens is 277 g/mol. The van der Waals surface area contributed by atoms with Gasteiger partial charge in [0.15, 0.2) is 0 Å². The van der Waals surface area contributed by atoms with Crippen LogP contribution in [0.1, 0.15) is 6.92 Å². The third-order valence-corrected chi connectivity index (χ3v) is 4.12. The molecule has 0 atom stereocenters. The zero-order valence-electron chi connectivity index (χ0n) is 6.51. The van der Waals surface area contributed by atoms with Gasteiger partial charge in [0.05, 0.1) is 20.1 Å². The Balaban J connectivity index is 3.14. The molecule has 1 rings (SSSR count). The summed E-state index contributed by atoms with van der Waals surface area (Å²) in [4.78, 5) is 0. The average Bonchev–Trinajstić information content (AvgIpc) is 2.23. The van der Waals surface area contributed by atoms with Crippen molar-refractivity contribution < 1.29 is 4.74 Å². The molecule has 0 aliphatic heterocycles.